The number of anilines is 2. The van der Waals surface area contributed by atoms with Crippen LogP contribution in [0.3, 0.4) is 0 Å². The molecule has 2 aliphatic rings. The summed E-state index contributed by atoms with van der Waals surface area (Å²) in [6.07, 6.45) is 5.97. The predicted molar refractivity (Wildman–Crippen MR) is 211 cm³/mol. The number of carbonyl (C=O) groups excluding carboxylic acids is 4. The first-order valence-electron chi connectivity index (χ1n) is 19.3. The van der Waals surface area contributed by atoms with Gasteiger partial charge in [-0.05, 0) is 89.0 Å². The zero-order chi connectivity index (χ0) is 41.7. The molecular weight excluding hydrogens is 754 g/mol. The second-order valence-corrected chi connectivity index (χ2v) is 15.5. The van der Waals surface area contributed by atoms with Crippen LogP contribution < -0.4 is 20.7 Å². The minimum absolute atomic E-state index is 0.00644. The number of nitrogens with one attached hydrogen (secondary N) is 3. The third-order valence-electron chi connectivity index (χ3n) is 10.3. The van der Waals surface area contributed by atoms with Gasteiger partial charge in [0.1, 0.15) is 11.6 Å². The van der Waals surface area contributed by atoms with Crippen LogP contribution in [0.15, 0.2) is 48.9 Å². The number of carbonyl (C=O) groups is 4. The highest BCUT2D eigenvalue weighted by Gasteiger charge is 2.36. The summed E-state index contributed by atoms with van der Waals surface area (Å²) in [5, 5.41) is 8.77. The number of ether oxygens (including phenoxy) is 3. The molecule has 2 aromatic heterocycles. The van der Waals surface area contributed by atoms with Crippen molar-refractivity contribution in [2.75, 3.05) is 58.8 Å². The minimum Gasteiger partial charge on any atom is -0.494 e. The van der Waals surface area contributed by atoms with E-state index in [9.17, 15) is 28.0 Å². The molecule has 17 heteroatoms. The number of piperidine rings is 1. The maximum atomic E-state index is 15.0. The third-order valence-corrected chi connectivity index (χ3v) is 10.3. The number of aromatic nitrogens is 3. The Kier molecular flexibility index (Phi) is 12.8. The van der Waals surface area contributed by atoms with E-state index in [-0.39, 0.29) is 35.8 Å². The molecule has 2 saturated heterocycles. The smallest absolute Gasteiger partial charge is 0.410 e. The van der Waals surface area contributed by atoms with Gasteiger partial charge < -0.3 is 40.0 Å². The molecule has 6 rings (SSSR count). The van der Waals surface area contributed by atoms with Crippen molar-refractivity contribution >= 4 is 41.0 Å². The Bertz CT molecular complexity index is 2160. The van der Waals surface area contributed by atoms with Crippen molar-refractivity contribution in [3.8, 4) is 17.0 Å². The number of likely N-dealkylation sites (tertiary alicyclic amines) is 2. The first kappa shape index (κ1) is 41.8. The summed E-state index contributed by atoms with van der Waals surface area (Å²) in [6.45, 7) is 10.9. The Morgan fingerprint density at radius 2 is 1.74 bits per heavy atom. The molecule has 0 radical (unpaired) electrons. The maximum absolute atomic E-state index is 15.0. The van der Waals surface area contributed by atoms with Crippen molar-refractivity contribution < 1.29 is 42.2 Å². The zero-order valence-corrected chi connectivity index (χ0v) is 33.6. The molecule has 4 aromatic rings. The van der Waals surface area contributed by atoms with Gasteiger partial charge in [-0.15, -0.1) is 0 Å². The summed E-state index contributed by atoms with van der Waals surface area (Å²) in [5.74, 6) is -3.35. The maximum Gasteiger partial charge on any atom is 0.410 e. The van der Waals surface area contributed by atoms with Gasteiger partial charge in [-0.3, -0.25) is 14.0 Å². The molecule has 0 saturated carbocycles. The molecule has 0 bridgehead atoms. The Balaban J connectivity index is 1.03. The van der Waals surface area contributed by atoms with Crippen LogP contribution >= 0.6 is 0 Å². The Labute approximate surface area is 335 Å². The van der Waals surface area contributed by atoms with Crippen molar-refractivity contribution in [1.82, 2.24) is 34.8 Å². The number of aryl methyl sites for hydroxylation is 1. The molecule has 3 N–H and O–H groups in total. The fourth-order valence-corrected chi connectivity index (χ4v) is 7.24. The lowest BCUT2D eigenvalue weighted by Gasteiger charge is -2.43. The average Bonchev–Trinajstić information content (AvgIpc) is 3.62. The van der Waals surface area contributed by atoms with Gasteiger partial charge in [0.25, 0.3) is 5.91 Å². The number of nitrogens with zero attached hydrogens (tertiary/aromatic N) is 5. The second kappa shape index (κ2) is 17.7. The Morgan fingerprint density at radius 1 is 1.00 bits per heavy atom. The van der Waals surface area contributed by atoms with E-state index in [1.807, 2.05) is 27.7 Å². The lowest BCUT2D eigenvalue weighted by atomic mass is 9.93. The van der Waals surface area contributed by atoms with Gasteiger partial charge >= 0.3 is 12.1 Å². The van der Waals surface area contributed by atoms with Crippen LogP contribution in [0.4, 0.5) is 25.1 Å². The van der Waals surface area contributed by atoms with Gasteiger partial charge in [-0.1, -0.05) is 6.92 Å². The van der Waals surface area contributed by atoms with E-state index < -0.39 is 35.2 Å². The van der Waals surface area contributed by atoms with E-state index in [0.29, 0.717) is 72.2 Å². The van der Waals surface area contributed by atoms with Crippen LogP contribution in [0.2, 0.25) is 0 Å². The number of fused-ring (bicyclic) bond motifs is 1. The van der Waals surface area contributed by atoms with Crippen molar-refractivity contribution in [2.45, 2.75) is 58.6 Å². The molecule has 2 aliphatic heterocycles. The van der Waals surface area contributed by atoms with Crippen molar-refractivity contribution in [3.05, 3.63) is 71.7 Å². The van der Waals surface area contributed by atoms with E-state index >= 15 is 0 Å². The molecule has 3 amide bonds. The van der Waals surface area contributed by atoms with Gasteiger partial charge in [0, 0.05) is 67.2 Å². The summed E-state index contributed by atoms with van der Waals surface area (Å²) >= 11 is 0. The number of amides is 3. The summed E-state index contributed by atoms with van der Waals surface area (Å²) in [5.41, 5.74) is 1.69. The Morgan fingerprint density at radius 3 is 2.41 bits per heavy atom. The van der Waals surface area contributed by atoms with Crippen LogP contribution in [0, 0.1) is 23.5 Å². The number of imidazole rings is 1. The molecule has 4 heterocycles. The third kappa shape index (κ3) is 9.47. The summed E-state index contributed by atoms with van der Waals surface area (Å²) in [7, 11) is 2.48. The van der Waals surface area contributed by atoms with E-state index in [1.54, 1.807) is 33.7 Å². The Hall–Kier alpha value is -5.84. The molecule has 310 valence electrons. The topological polar surface area (TPSA) is 169 Å². The van der Waals surface area contributed by atoms with Crippen molar-refractivity contribution in [2.24, 2.45) is 11.8 Å². The lowest BCUT2D eigenvalue weighted by molar-refractivity contribution is -0.142. The SMILES string of the molecule is CCc1cc(Nc2nccn3c(-c4ccc(OC)c(F)c4F)cnc23)ccc1C(=O)N[C@@H](CNC(=O)C1CCN(CC2CN(C(=O)OC(C)(C)C)C2)CC1)C(=O)OC. The minimum atomic E-state index is -1.13. The molecule has 15 nitrogen and oxygen atoms in total. The highest BCUT2D eigenvalue weighted by molar-refractivity contribution is 5.98. The predicted octanol–water partition coefficient (Wildman–Crippen LogP) is 4.96. The zero-order valence-electron chi connectivity index (χ0n) is 33.6. The quantitative estimate of drug-likeness (QED) is 0.156. The summed E-state index contributed by atoms with van der Waals surface area (Å²) in [4.78, 5) is 64.6. The molecule has 0 unspecified atom stereocenters. The highest BCUT2D eigenvalue weighted by Crippen LogP contribution is 2.32. The first-order valence-corrected chi connectivity index (χ1v) is 19.3. The number of rotatable bonds is 13. The number of benzene rings is 2. The molecule has 2 fully saturated rings. The fourth-order valence-electron chi connectivity index (χ4n) is 7.24. The average molecular weight is 805 g/mol. The van der Waals surface area contributed by atoms with Gasteiger partial charge in [-0.2, -0.15) is 4.39 Å². The lowest BCUT2D eigenvalue weighted by Crippen LogP contribution is -2.55. The largest absolute Gasteiger partial charge is 0.494 e. The van der Waals surface area contributed by atoms with E-state index in [4.69, 9.17) is 14.2 Å². The summed E-state index contributed by atoms with van der Waals surface area (Å²) < 4.78 is 46.3. The number of methoxy groups -OCH3 is 2. The van der Waals surface area contributed by atoms with Gasteiger partial charge in [0.15, 0.2) is 23.0 Å². The van der Waals surface area contributed by atoms with Gasteiger partial charge in [0.05, 0.1) is 26.1 Å². The molecule has 0 spiro atoms. The number of hydrogen-bond acceptors (Lipinski definition) is 11. The molecule has 1 atom stereocenters. The molecule has 2 aromatic carbocycles. The molecular formula is C41H50F2N8O7. The molecule has 58 heavy (non-hydrogen) atoms. The number of esters is 1. The summed E-state index contributed by atoms with van der Waals surface area (Å²) in [6, 6.07) is 6.68. The van der Waals surface area contributed by atoms with Crippen LogP contribution in [0.25, 0.3) is 16.9 Å². The van der Waals surface area contributed by atoms with Crippen LogP contribution in [0.5, 0.6) is 5.75 Å². The van der Waals surface area contributed by atoms with E-state index in [0.717, 1.165) is 19.6 Å². The van der Waals surface area contributed by atoms with E-state index in [2.05, 4.69) is 30.8 Å². The molecule has 0 aliphatic carbocycles. The normalized spacial score (nSPS) is 15.7. The highest BCUT2D eigenvalue weighted by atomic mass is 19.2. The van der Waals surface area contributed by atoms with Crippen molar-refractivity contribution in [1.29, 1.82) is 0 Å². The van der Waals surface area contributed by atoms with Gasteiger partial charge in [0.2, 0.25) is 11.7 Å². The van der Waals surface area contributed by atoms with Gasteiger partial charge in [-0.25, -0.2) is 23.9 Å². The monoisotopic (exact) mass is 804 g/mol. The van der Waals surface area contributed by atoms with Crippen molar-refractivity contribution in [3.63, 3.8) is 0 Å². The number of halogens is 2. The number of hydrogen-bond donors (Lipinski definition) is 3. The van der Waals surface area contributed by atoms with Crippen LogP contribution in [-0.2, 0) is 25.5 Å². The fraction of sp³-hybridized carbons (Fsp3) is 0.463. The van der Waals surface area contributed by atoms with Crippen LogP contribution in [-0.4, -0.2) is 113 Å². The van der Waals surface area contributed by atoms with E-state index in [1.165, 1.54) is 38.7 Å². The second-order valence-electron chi connectivity index (χ2n) is 15.5. The van der Waals surface area contributed by atoms with Crippen LogP contribution in [0.1, 0.15) is 56.5 Å². The standard InChI is InChI=1S/C41H50F2N8O7/c1-7-25-18-27(47-35-36-45-20-31(51(36)17-14-44-35)29-10-11-32(56-5)34(43)33(29)42)8-9-28(25)38(53)48-30(39(54)57-6)19-46-37(52)26-12-15-49(16-13-26)21-24-22-50(23-24)40(55)58-41(2,3)4/h8-11,14,17-18,20,24,26,30H,7,12-13,15-16,19,21-23H2,1-6H3,(H,44,47)(H,46,52)(H,48,53)/t30-/m0/s1. The first-order chi connectivity index (χ1) is 27.7.